The summed E-state index contributed by atoms with van der Waals surface area (Å²) in [6.45, 7) is 0.549. The summed E-state index contributed by atoms with van der Waals surface area (Å²) >= 11 is 0. The van der Waals surface area contributed by atoms with Crippen LogP contribution in [0.3, 0.4) is 0 Å². The number of hydrogen-bond donors (Lipinski definition) is 0. The molecule has 0 radical (unpaired) electrons. The lowest BCUT2D eigenvalue weighted by atomic mass is 10.1. The Morgan fingerprint density at radius 3 is 2.35 bits per heavy atom. The fourth-order valence-electron chi connectivity index (χ4n) is 1.77. The third kappa shape index (κ3) is 3.85. The van der Waals surface area contributed by atoms with Gasteiger partial charge < -0.3 is 23.8 Å². The van der Waals surface area contributed by atoms with Crippen molar-refractivity contribution in [1.29, 1.82) is 0 Å². The molecule has 6 nitrogen and oxygen atoms in total. The summed E-state index contributed by atoms with van der Waals surface area (Å²) in [7, 11) is 7.92. The van der Waals surface area contributed by atoms with Crippen LogP contribution in [0, 0.1) is 0 Å². The minimum atomic E-state index is -0.428. The van der Waals surface area contributed by atoms with Crippen molar-refractivity contribution >= 4 is 11.7 Å². The Hall–Kier alpha value is -1.79. The maximum atomic E-state index is 11.6. The van der Waals surface area contributed by atoms with Gasteiger partial charge in [-0.1, -0.05) is 0 Å². The van der Waals surface area contributed by atoms with E-state index in [1.165, 1.54) is 14.2 Å². The SMILES string of the molecule is COC(=O)c1ccc(N(C)CC(OC)OC)cc1OC. The summed E-state index contributed by atoms with van der Waals surface area (Å²) in [5.74, 6) is 0.0373. The highest BCUT2D eigenvalue weighted by Crippen LogP contribution is 2.26. The van der Waals surface area contributed by atoms with Gasteiger partial charge in [-0.15, -0.1) is 0 Å². The molecule has 0 amide bonds. The first-order chi connectivity index (χ1) is 9.57. The Kier molecular flexibility index (Phi) is 6.27. The van der Waals surface area contributed by atoms with Crippen molar-refractivity contribution in [2.24, 2.45) is 0 Å². The van der Waals surface area contributed by atoms with E-state index >= 15 is 0 Å². The minimum Gasteiger partial charge on any atom is -0.496 e. The van der Waals surface area contributed by atoms with E-state index in [0.29, 0.717) is 17.9 Å². The second-order valence-corrected chi connectivity index (χ2v) is 4.16. The number of rotatable bonds is 7. The van der Waals surface area contributed by atoms with Crippen LogP contribution in [0.5, 0.6) is 5.75 Å². The Labute approximate surface area is 119 Å². The Balaban J connectivity index is 2.94. The van der Waals surface area contributed by atoms with E-state index in [0.717, 1.165) is 5.69 Å². The lowest BCUT2D eigenvalue weighted by Crippen LogP contribution is -2.31. The Morgan fingerprint density at radius 1 is 1.20 bits per heavy atom. The van der Waals surface area contributed by atoms with Crippen molar-refractivity contribution in [2.45, 2.75) is 6.29 Å². The van der Waals surface area contributed by atoms with Gasteiger partial charge in [0.05, 0.1) is 20.8 Å². The summed E-state index contributed by atoms with van der Waals surface area (Å²) in [6, 6.07) is 5.26. The van der Waals surface area contributed by atoms with Gasteiger partial charge in [0.25, 0.3) is 0 Å². The normalized spacial score (nSPS) is 10.5. The average molecular weight is 283 g/mol. The molecule has 1 rings (SSSR count). The molecular formula is C14H21NO5. The molecule has 0 aromatic heterocycles. The first kappa shape index (κ1) is 16.3. The Bertz CT molecular complexity index is 445. The van der Waals surface area contributed by atoms with Crippen LogP contribution < -0.4 is 9.64 Å². The molecule has 1 aromatic rings. The molecule has 0 saturated carbocycles. The lowest BCUT2D eigenvalue weighted by molar-refractivity contribution is -0.0944. The minimum absolute atomic E-state index is 0.328. The maximum absolute atomic E-state index is 11.6. The molecule has 112 valence electrons. The van der Waals surface area contributed by atoms with Crippen LogP contribution in [0.15, 0.2) is 18.2 Å². The predicted octanol–water partition coefficient (Wildman–Crippen LogP) is 1.54. The zero-order valence-corrected chi connectivity index (χ0v) is 12.5. The molecule has 0 fully saturated rings. The van der Waals surface area contributed by atoms with Gasteiger partial charge in [0.2, 0.25) is 0 Å². The fraction of sp³-hybridized carbons (Fsp3) is 0.500. The van der Waals surface area contributed by atoms with Crippen molar-refractivity contribution in [3.05, 3.63) is 23.8 Å². The number of ether oxygens (including phenoxy) is 4. The van der Waals surface area contributed by atoms with Gasteiger partial charge in [-0.05, 0) is 12.1 Å². The number of methoxy groups -OCH3 is 4. The number of likely N-dealkylation sites (N-methyl/N-ethyl adjacent to an activating group) is 1. The van der Waals surface area contributed by atoms with Crippen molar-refractivity contribution < 1.29 is 23.7 Å². The van der Waals surface area contributed by atoms with E-state index < -0.39 is 5.97 Å². The summed E-state index contributed by atoms with van der Waals surface area (Å²) in [5, 5.41) is 0. The third-order valence-electron chi connectivity index (χ3n) is 2.98. The van der Waals surface area contributed by atoms with Gasteiger partial charge in [-0.25, -0.2) is 4.79 Å². The first-order valence-electron chi connectivity index (χ1n) is 6.10. The monoisotopic (exact) mass is 283 g/mol. The smallest absolute Gasteiger partial charge is 0.341 e. The highest BCUT2D eigenvalue weighted by molar-refractivity contribution is 5.93. The molecule has 0 bridgehead atoms. The van der Waals surface area contributed by atoms with Gasteiger partial charge in [0.15, 0.2) is 6.29 Å². The average Bonchev–Trinajstić information content (AvgIpc) is 2.50. The van der Waals surface area contributed by atoms with Gasteiger partial charge in [-0.2, -0.15) is 0 Å². The highest BCUT2D eigenvalue weighted by Gasteiger charge is 2.16. The fourth-order valence-corrected chi connectivity index (χ4v) is 1.77. The van der Waals surface area contributed by atoms with Crippen molar-refractivity contribution in [1.82, 2.24) is 0 Å². The van der Waals surface area contributed by atoms with Gasteiger partial charge in [0.1, 0.15) is 11.3 Å². The summed E-state index contributed by atoms with van der Waals surface area (Å²) in [4.78, 5) is 13.5. The van der Waals surface area contributed by atoms with Crippen molar-refractivity contribution in [2.75, 3.05) is 46.9 Å². The quantitative estimate of drug-likeness (QED) is 0.559. The standard InChI is InChI=1S/C14H21NO5/c1-15(9-13(18-3)19-4)10-6-7-11(14(16)20-5)12(8-10)17-2/h6-8,13H,9H2,1-5H3. The topological polar surface area (TPSA) is 57.2 Å². The van der Waals surface area contributed by atoms with Crippen LogP contribution in [-0.4, -0.2) is 54.3 Å². The first-order valence-corrected chi connectivity index (χ1v) is 6.10. The van der Waals surface area contributed by atoms with Crippen LogP contribution in [-0.2, 0) is 14.2 Å². The van der Waals surface area contributed by atoms with E-state index in [-0.39, 0.29) is 6.29 Å². The molecule has 0 aliphatic carbocycles. The number of carbonyl (C=O) groups is 1. The van der Waals surface area contributed by atoms with Gasteiger partial charge >= 0.3 is 5.97 Å². The van der Waals surface area contributed by atoms with Crippen molar-refractivity contribution in [3.63, 3.8) is 0 Å². The van der Waals surface area contributed by atoms with Gasteiger partial charge in [0, 0.05) is 33.0 Å². The molecule has 0 aliphatic heterocycles. The molecule has 0 heterocycles. The van der Waals surface area contributed by atoms with Crippen LogP contribution in [0.2, 0.25) is 0 Å². The lowest BCUT2D eigenvalue weighted by Gasteiger charge is -2.24. The van der Waals surface area contributed by atoms with E-state index in [4.69, 9.17) is 18.9 Å². The summed E-state index contributed by atoms with van der Waals surface area (Å²) < 4.78 is 20.2. The zero-order valence-electron chi connectivity index (χ0n) is 12.5. The molecular weight excluding hydrogens is 262 g/mol. The third-order valence-corrected chi connectivity index (χ3v) is 2.98. The van der Waals surface area contributed by atoms with Crippen molar-refractivity contribution in [3.8, 4) is 5.75 Å². The molecule has 6 heteroatoms. The van der Waals surface area contributed by atoms with Gasteiger partial charge in [-0.3, -0.25) is 0 Å². The number of hydrogen-bond acceptors (Lipinski definition) is 6. The zero-order chi connectivity index (χ0) is 15.1. The number of benzene rings is 1. The summed E-state index contributed by atoms with van der Waals surface area (Å²) in [6.07, 6.45) is -0.328. The number of nitrogens with zero attached hydrogens (tertiary/aromatic N) is 1. The highest BCUT2D eigenvalue weighted by atomic mass is 16.7. The number of esters is 1. The Morgan fingerprint density at radius 2 is 1.85 bits per heavy atom. The van der Waals surface area contributed by atoms with Crippen LogP contribution >= 0.6 is 0 Å². The maximum Gasteiger partial charge on any atom is 0.341 e. The van der Waals surface area contributed by atoms with E-state index in [1.54, 1.807) is 26.4 Å². The van der Waals surface area contributed by atoms with E-state index in [2.05, 4.69) is 0 Å². The molecule has 20 heavy (non-hydrogen) atoms. The molecule has 0 N–H and O–H groups in total. The predicted molar refractivity (Wildman–Crippen MR) is 75.4 cm³/mol. The molecule has 0 unspecified atom stereocenters. The van der Waals surface area contributed by atoms with Crippen LogP contribution in [0.4, 0.5) is 5.69 Å². The number of anilines is 1. The molecule has 0 saturated heterocycles. The molecule has 0 spiro atoms. The van der Waals surface area contributed by atoms with Crippen LogP contribution in [0.1, 0.15) is 10.4 Å². The second kappa shape index (κ2) is 7.72. The van der Waals surface area contributed by atoms with E-state index in [9.17, 15) is 4.79 Å². The second-order valence-electron chi connectivity index (χ2n) is 4.16. The van der Waals surface area contributed by atoms with E-state index in [1.807, 2.05) is 18.0 Å². The largest absolute Gasteiger partial charge is 0.496 e. The molecule has 1 aromatic carbocycles. The molecule has 0 aliphatic rings. The van der Waals surface area contributed by atoms with Crippen LogP contribution in [0.25, 0.3) is 0 Å². The summed E-state index contributed by atoms with van der Waals surface area (Å²) in [5.41, 5.74) is 1.27. The number of carbonyl (C=O) groups excluding carboxylic acids is 1. The molecule has 0 atom stereocenters.